The minimum atomic E-state index is -3.64. The summed E-state index contributed by atoms with van der Waals surface area (Å²) in [7, 11) is -3.64. The molecule has 0 bridgehead atoms. The van der Waals surface area contributed by atoms with Crippen LogP contribution in [0, 0.1) is 0 Å². The van der Waals surface area contributed by atoms with Crippen LogP contribution in [0.25, 0.3) is 0 Å². The summed E-state index contributed by atoms with van der Waals surface area (Å²) in [6, 6.07) is 8.66. The third-order valence-corrected chi connectivity index (χ3v) is 7.33. The summed E-state index contributed by atoms with van der Waals surface area (Å²) >= 11 is 0. The Morgan fingerprint density at radius 3 is 1.40 bits per heavy atom. The Balaban J connectivity index is 1.78. The predicted octanol–water partition coefficient (Wildman–Crippen LogP) is 8.56. The highest BCUT2D eigenvalue weighted by Gasteiger charge is 2.21. The first-order valence-electron chi connectivity index (χ1n) is 12.7. The molecule has 4 heteroatoms. The van der Waals surface area contributed by atoms with Crippen molar-refractivity contribution in [3.63, 3.8) is 0 Å². The lowest BCUT2D eigenvalue weighted by atomic mass is 10.0. The van der Waals surface area contributed by atoms with Gasteiger partial charge in [0.2, 0.25) is 0 Å². The van der Waals surface area contributed by atoms with Crippen LogP contribution in [0.15, 0.2) is 30.3 Å². The molecule has 1 aromatic rings. The standard InChI is InChI=1S/C26H47O3P/c1-2-3-4-5-6-7-8-9-10-11-12-13-14-15-16-17-18-22-25-29-30(27,28)26-23-20-19-21-24-26/h19-21,23-24H,2-18,22,25H2,1H3,(H,27,28). The molecule has 0 saturated heterocycles. The number of hydrogen-bond acceptors (Lipinski definition) is 2. The van der Waals surface area contributed by atoms with Crippen LogP contribution in [-0.4, -0.2) is 11.5 Å². The van der Waals surface area contributed by atoms with E-state index in [1.807, 2.05) is 6.07 Å². The monoisotopic (exact) mass is 438 g/mol. The van der Waals surface area contributed by atoms with Gasteiger partial charge in [0.15, 0.2) is 0 Å². The Morgan fingerprint density at radius 2 is 1.00 bits per heavy atom. The van der Waals surface area contributed by atoms with E-state index in [1.54, 1.807) is 24.3 Å². The molecule has 0 heterocycles. The molecule has 0 aromatic heterocycles. The largest absolute Gasteiger partial charge is 0.358 e. The van der Waals surface area contributed by atoms with Crippen LogP contribution in [0.2, 0.25) is 0 Å². The molecule has 0 spiro atoms. The van der Waals surface area contributed by atoms with E-state index in [-0.39, 0.29) is 0 Å². The molecule has 0 amide bonds. The summed E-state index contributed by atoms with van der Waals surface area (Å²) in [5, 5.41) is 0.382. The second-order valence-electron chi connectivity index (χ2n) is 8.70. The van der Waals surface area contributed by atoms with Crippen LogP contribution in [-0.2, 0) is 9.09 Å². The molecular weight excluding hydrogens is 391 g/mol. The maximum absolute atomic E-state index is 12.1. The number of benzene rings is 1. The maximum Gasteiger partial charge on any atom is 0.358 e. The van der Waals surface area contributed by atoms with Crippen molar-refractivity contribution in [3.8, 4) is 0 Å². The third kappa shape index (κ3) is 15.2. The second-order valence-corrected chi connectivity index (χ2v) is 10.5. The molecule has 0 saturated carbocycles. The number of unbranched alkanes of at least 4 members (excludes halogenated alkanes) is 17. The van der Waals surface area contributed by atoms with E-state index in [0.717, 1.165) is 12.8 Å². The summed E-state index contributed by atoms with van der Waals surface area (Å²) in [5.41, 5.74) is 0. The van der Waals surface area contributed by atoms with Crippen molar-refractivity contribution in [2.75, 3.05) is 6.61 Å². The SMILES string of the molecule is CCCCCCCCCCCCCCCCCCCCOP(=O)(O)c1ccccc1. The summed E-state index contributed by atoms with van der Waals surface area (Å²) in [5.74, 6) is 0. The van der Waals surface area contributed by atoms with Crippen molar-refractivity contribution in [2.24, 2.45) is 0 Å². The fourth-order valence-electron chi connectivity index (χ4n) is 3.88. The number of rotatable bonds is 21. The molecule has 1 atom stereocenters. The van der Waals surface area contributed by atoms with Gasteiger partial charge in [-0.15, -0.1) is 0 Å². The molecule has 0 aliphatic rings. The minimum absolute atomic E-state index is 0.363. The Morgan fingerprint density at radius 1 is 0.633 bits per heavy atom. The lowest BCUT2D eigenvalue weighted by Crippen LogP contribution is -2.07. The molecule has 1 N–H and O–H groups in total. The second kappa shape index (κ2) is 19.1. The van der Waals surface area contributed by atoms with Gasteiger partial charge in [0.1, 0.15) is 0 Å². The van der Waals surface area contributed by atoms with Gasteiger partial charge in [-0.25, -0.2) is 0 Å². The van der Waals surface area contributed by atoms with Gasteiger partial charge in [-0.05, 0) is 18.6 Å². The van der Waals surface area contributed by atoms with Crippen molar-refractivity contribution < 1.29 is 14.0 Å². The van der Waals surface area contributed by atoms with E-state index in [1.165, 1.54) is 103 Å². The Hall–Kier alpha value is -0.630. The zero-order valence-corrected chi connectivity index (χ0v) is 20.4. The molecule has 1 rings (SSSR count). The van der Waals surface area contributed by atoms with Gasteiger partial charge in [0, 0.05) is 0 Å². The summed E-state index contributed by atoms with van der Waals surface area (Å²) in [6.45, 7) is 2.64. The molecular formula is C26H47O3P. The van der Waals surface area contributed by atoms with E-state index in [4.69, 9.17) is 4.52 Å². The first-order chi connectivity index (χ1) is 14.7. The highest BCUT2D eigenvalue weighted by Crippen LogP contribution is 2.40. The molecule has 174 valence electrons. The van der Waals surface area contributed by atoms with Gasteiger partial charge in [-0.1, -0.05) is 134 Å². The average Bonchev–Trinajstić information content (AvgIpc) is 2.76. The lowest BCUT2D eigenvalue weighted by molar-refractivity contribution is 0.261. The average molecular weight is 439 g/mol. The molecule has 3 nitrogen and oxygen atoms in total. The third-order valence-electron chi connectivity index (χ3n) is 5.85. The van der Waals surface area contributed by atoms with Crippen molar-refractivity contribution in [1.82, 2.24) is 0 Å². The van der Waals surface area contributed by atoms with Crippen LogP contribution < -0.4 is 5.30 Å². The van der Waals surface area contributed by atoms with E-state index in [0.29, 0.717) is 11.9 Å². The molecule has 1 unspecified atom stereocenters. The summed E-state index contributed by atoms with van der Waals surface area (Å²) in [6.07, 6.45) is 24.1. The molecule has 30 heavy (non-hydrogen) atoms. The Labute approximate surface area is 186 Å². The van der Waals surface area contributed by atoms with Crippen molar-refractivity contribution in [1.29, 1.82) is 0 Å². The molecule has 0 fully saturated rings. The van der Waals surface area contributed by atoms with Crippen molar-refractivity contribution in [3.05, 3.63) is 30.3 Å². The van der Waals surface area contributed by atoms with Gasteiger partial charge in [-0.3, -0.25) is 4.57 Å². The quantitative estimate of drug-likeness (QED) is 0.154. The van der Waals surface area contributed by atoms with Crippen molar-refractivity contribution >= 4 is 12.9 Å². The highest BCUT2D eigenvalue weighted by molar-refractivity contribution is 7.61. The van der Waals surface area contributed by atoms with Crippen LogP contribution in [0.4, 0.5) is 0 Å². The van der Waals surface area contributed by atoms with Gasteiger partial charge < -0.3 is 9.42 Å². The van der Waals surface area contributed by atoms with Crippen molar-refractivity contribution in [2.45, 2.75) is 122 Å². The zero-order valence-electron chi connectivity index (χ0n) is 19.5. The first kappa shape index (κ1) is 27.4. The fourth-order valence-corrected chi connectivity index (χ4v) is 4.96. The maximum atomic E-state index is 12.1. The van der Waals surface area contributed by atoms with E-state index in [2.05, 4.69) is 6.92 Å². The van der Waals surface area contributed by atoms with Crippen LogP contribution >= 0.6 is 7.60 Å². The first-order valence-corrected chi connectivity index (χ1v) is 14.3. The van der Waals surface area contributed by atoms with Gasteiger partial charge >= 0.3 is 7.60 Å². The molecule has 0 aliphatic heterocycles. The van der Waals surface area contributed by atoms with E-state index < -0.39 is 7.60 Å². The Kier molecular flexibility index (Phi) is 17.4. The zero-order chi connectivity index (χ0) is 21.8. The van der Waals surface area contributed by atoms with Crippen LogP contribution in [0.3, 0.4) is 0 Å². The predicted molar refractivity (Wildman–Crippen MR) is 131 cm³/mol. The van der Waals surface area contributed by atoms with Gasteiger partial charge in [0.25, 0.3) is 0 Å². The summed E-state index contributed by atoms with van der Waals surface area (Å²) < 4.78 is 17.4. The number of hydrogen-bond donors (Lipinski definition) is 1. The smallest absolute Gasteiger partial charge is 0.321 e. The van der Waals surface area contributed by atoms with Crippen LogP contribution in [0.1, 0.15) is 122 Å². The fraction of sp³-hybridized carbons (Fsp3) is 0.769. The molecule has 0 aliphatic carbocycles. The normalized spacial score (nSPS) is 13.4. The summed E-state index contributed by atoms with van der Waals surface area (Å²) in [4.78, 5) is 9.96. The van der Waals surface area contributed by atoms with E-state index in [9.17, 15) is 9.46 Å². The highest BCUT2D eigenvalue weighted by atomic mass is 31.2. The molecule has 0 radical (unpaired) electrons. The Bertz CT molecular complexity index is 532. The van der Waals surface area contributed by atoms with E-state index >= 15 is 0 Å². The lowest BCUT2D eigenvalue weighted by Gasteiger charge is -2.12. The topological polar surface area (TPSA) is 46.5 Å². The minimum Gasteiger partial charge on any atom is -0.321 e. The van der Waals surface area contributed by atoms with Gasteiger partial charge in [-0.2, -0.15) is 0 Å². The van der Waals surface area contributed by atoms with Gasteiger partial charge in [0.05, 0.1) is 11.9 Å². The molecule has 1 aromatic carbocycles. The van der Waals surface area contributed by atoms with Crippen LogP contribution in [0.5, 0.6) is 0 Å².